The summed E-state index contributed by atoms with van der Waals surface area (Å²) < 4.78 is 67.1. The van der Waals surface area contributed by atoms with Crippen molar-refractivity contribution in [2.75, 3.05) is 39.9 Å². The first kappa shape index (κ1) is 35.4. The van der Waals surface area contributed by atoms with E-state index in [1.807, 2.05) is 18.2 Å². The highest BCUT2D eigenvalue weighted by Gasteiger charge is 2.44. The van der Waals surface area contributed by atoms with Crippen LogP contribution in [0.2, 0.25) is 0 Å². The molecule has 2 heterocycles. The van der Waals surface area contributed by atoms with Crippen molar-refractivity contribution < 1.29 is 31.4 Å². The Morgan fingerprint density at radius 3 is 2.36 bits per heavy atom. The first-order valence-corrected chi connectivity index (χ1v) is 19.0. The van der Waals surface area contributed by atoms with Crippen LogP contribution in [0, 0.1) is 0 Å². The first-order valence-electron chi connectivity index (χ1n) is 16.0. The molecule has 3 aromatic carbocycles. The van der Waals surface area contributed by atoms with Crippen molar-refractivity contribution in [1.82, 2.24) is 19.7 Å². The standard InChI is InChI=1S/C34H46N4O7S2/c1-25(2)36-21-26-10-12-27(13-11-26)28-6-4-9-33(18-28)47(42,43)38-16-14-34(15-17-38)20-29(23-45-34)37-22-30(39)24-44-31-7-5-8-32(19-31)46(40,41)35-3/h4-13,18-19,25,29-30,35-37,39H,14-17,20-24H2,1-3H3/t29-,30?/m1/s1. The number of hydrogen-bond acceptors (Lipinski definition) is 9. The Kier molecular flexibility index (Phi) is 11.4. The van der Waals surface area contributed by atoms with Gasteiger partial charge in [0.05, 0.1) is 22.0 Å². The van der Waals surface area contributed by atoms with Crippen LogP contribution in [0.4, 0.5) is 0 Å². The molecule has 0 radical (unpaired) electrons. The van der Waals surface area contributed by atoms with E-state index in [2.05, 4.69) is 41.3 Å². The zero-order valence-electron chi connectivity index (χ0n) is 27.2. The van der Waals surface area contributed by atoms with Gasteiger partial charge in [-0.3, -0.25) is 0 Å². The van der Waals surface area contributed by atoms with Crippen LogP contribution in [0.25, 0.3) is 11.1 Å². The average Bonchev–Trinajstić information content (AvgIpc) is 3.47. The summed E-state index contributed by atoms with van der Waals surface area (Å²) in [6, 6.07) is 21.8. The minimum Gasteiger partial charge on any atom is -0.491 e. The van der Waals surface area contributed by atoms with Gasteiger partial charge in [-0.15, -0.1) is 0 Å². The molecule has 2 aliphatic rings. The van der Waals surface area contributed by atoms with Crippen LogP contribution in [0.5, 0.6) is 5.75 Å². The lowest BCUT2D eigenvalue weighted by atomic mass is 9.88. The summed E-state index contributed by atoms with van der Waals surface area (Å²) >= 11 is 0. The van der Waals surface area contributed by atoms with E-state index in [1.54, 1.807) is 34.6 Å². The molecule has 47 heavy (non-hydrogen) atoms. The van der Waals surface area contributed by atoms with E-state index in [0.29, 0.717) is 44.3 Å². The maximum absolute atomic E-state index is 13.7. The van der Waals surface area contributed by atoms with Crippen molar-refractivity contribution in [2.24, 2.45) is 0 Å². The third-order valence-electron chi connectivity index (χ3n) is 8.79. The molecule has 3 aromatic rings. The second kappa shape index (κ2) is 15.1. The number of benzene rings is 3. The normalized spacial score (nSPS) is 19.3. The molecule has 5 rings (SSSR count). The van der Waals surface area contributed by atoms with Crippen molar-refractivity contribution in [3.05, 3.63) is 78.4 Å². The van der Waals surface area contributed by atoms with E-state index < -0.39 is 31.8 Å². The first-order chi connectivity index (χ1) is 22.4. The van der Waals surface area contributed by atoms with Crippen molar-refractivity contribution in [3.63, 3.8) is 0 Å². The van der Waals surface area contributed by atoms with Crippen molar-refractivity contribution >= 4 is 20.0 Å². The van der Waals surface area contributed by atoms with Gasteiger partial charge in [-0.25, -0.2) is 21.6 Å². The van der Waals surface area contributed by atoms with E-state index in [4.69, 9.17) is 9.47 Å². The SMILES string of the molecule is CNS(=O)(=O)c1cccc(OCC(O)CN[C@H]2COC3(CCN(S(=O)(=O)c4cccc(-c5ccc(CNC(C)C)cc5)c4)CC3)C2)c1. The smallest absolute Gasteiger partial charge is 0.243 e. The number of aliphatic hydroxyl groups excluding tert-OH is 1. The second-order valence-electron chi connectivity index (χ2n) is 12.6. The van der Waals surface area contributed by atoms with Gasteiger partial charge in [0.25, 0.3) is 0 Å². The number of rotatable bonds is 14. The Morgan fingerprint density at radius 2 is 1.66 bits per heavy atom. The molecule has 2 aliphatic heterocycles. The van der Waals surface area contributed by atoms with Crippen LogP contribution in [-0.4, -0.2) is 89.9 Å². The monoisotopic (exact) mass is 686 g/mol. The minimum atomic E-state index is -3.67. The summed E-state index contributed by atoms with van der Waals surface area (Å²) in [5, 5.41) is 17.2. The van der Waals surface area contributed by atoms with Gasteiger partial charge in [-0.05, 0) is 67.3 Å². The molecule has 4 N–H and O–H groups in total. The zero-order chi connectivity index (χ0) is 33.7. The van der Waals surface area contributed by atoms with Gasteiger partial charge in [0.1, 0.15) is 18.5 Å². The number of piperidine rings is 1. The van der Waals surface area contributed by atoms with E-state index >= 15 is 0 Å². The topological polar surface area (TPSA) is 146 Å². The Hall–Kier alpha value is -2.88. The molecule has 2 saturated heterocycles. The maximum Gasteiger partial charge on any atom is 0.243 e. The Bertz CT molecular complexity index is 1710. The van der Waals surface area contributed by atoms with E-state index in [0.717, 1.165) is 24.1 Å². The Labute approximate surface area is 278 Å². The van der Waals surface area contributed by atoms with Gasteiger partial charge in [-0.2, -0.15) is 4.31 Å². The highest BCUT2D eigenvalue weighted by Crippen LogP contribution is 2.37. The fraction of sp³-hybridized carbons (Fsp3) is 0.471. The number of aliphatic hydroxyl groups is 1. The molecule has 0 amide bonds. The summed E-state index contributed by atoms with van der Waals surface area (Å²) in [6.07, 6.45) is 1.08. The van der Waals surface area contributed by atoms with Crippen LogP contribution >= 0.6 is 0 Å². The van der Waals surface area contributed by atoms with E-state index in [1.165, 1.54) is 24.7 Å². The van der Waals surface area contributed by atoms with Gasteiger partial charge in [0, 0.05) is 44.3 Å². The van der Waals surface area contributed by atoms with Crippen molar-refractivity contribution in [1.29, 1.82) is 0 Å². The number of nitrogens with one attached hydrogen (secondary N) is 3. The predicted octanol–water partition coefficient (Wildman–Crippen LogP) is 3.10. The van der Waals surface area contributed by atoms with Crippen molar-refractivity contribution in [2.45, 2.75) is 73.2 Å². The fourth-order valence-corrected chi connectivity index (χ4v) is 8.24. The molecule has 0 aliphatic carbocycles. The number of hydrogen-bond donors (Lipinski definition) is 4. The molecule has 256 valence electrons. The highest BCUT2D eigenvalue weighted by molar-refractivity contribution is 7.89. The van der Waals surface area contributed by atoms with Gasteiger partial charge >= 0.3 is 0 Å². The highest BCUT2D eigenvalue weighted by atomic mass is 32.2. The summed E-state index contributed by atoms with van der Waals surface area (Å²) in [4.78, 5) is 0.372. The average molecular weight is 687 g/mol. The van der Waals surface area contributed by atoms with Crippen LogP contribution in [0.15, 0.2) is 82.6 Å². The van der Waals surface area contributed by atoms with Gasteiger partial charge in [0.15, 0.2) is 0 Å². The third-order valence-corrected chi connectivity index (χ3v) is 12.1. The summed E-state index contributed by atoms with van der Waals surface area (Å²) in [7, 11) is -5.93. The molecule has 1 unspecified atom stereocenters. The number of sulfonamides is 2. The van der Waals surface area contributed by atoms with Gasteiger partial charge in [-0.1, -0.05) is 56.3 Å². The summed E-state index contributed by atoms with van der Waals surface area (Å²) in [5.41, 5.74) is 2.60. The predicted molar refractivity (Wildman–Crippen MR) is 181 cm³/mol. The molecule has 11 nitrogen and oxygen atoms in total. The molecular weight excluding hydrogens is 641 g/mol. The molecule has 2 fully saturated rings. The van der Waals surface area contributed by atoms with Crippen LogP contribution < -0.4 is 20.1 Å². The summed E-state index contributed by atoms with van der Waals surface area (Å²) in [6.45, 7) is 6.47. The zero-order valence-corrected chi connectivity index (χ0v) is 28.8. The lowest BCUT2D eigenvalue weighted by Crippen LogP contribution is -2.47. The van der Waals surface area contributed by atoms with Gasteiger partial charge in [0.2, 0.25) is 20.0 Å². The van der Waals surface area contributed by atoms with E-state index in [9.17, 15) is 21.9 Å². The Morgan fingerprint density at radius 1 is 0.957 bits per heavy atom. The molecule has 0 aromatic heterocycles. The summed E-state index contributed by atoms with van der Waals surface area (Å²) in [5.74, 6) is 0.348. The van der Waals surface area contributed by atoms with Crippen LogP contribution in [0.1, 0.15) is 38.7 Å². The van der Waals surface area contributed by atoms with Crippen LogP contribution in [-0.2, 0) is 31.3 Å². The quantitative estimate of drug-likeness (QED) is 0.201. The lowest BCUT2D eigenvalue weighted by molar-refractivity contribution is -0.0312. The second-order valence-corrected chi connectivity index (χ2v) is 16.4. The molecule has 0 bridgehead atoms. The molecule has 2 atom stereocenters. The molecule has 13 heteroatoms. The Balaban J connectivity index is 1.10. The number of ether oxygens (including phenoxy) is 2. The largest absolute Gasteiger partial charge is 0.491 e. The molecule has 0 saturated carbocycles. The minimum absolute atomic E-state index is 0.0100. The van der Waals surface area contributed by atoms with Gasteiger partial charge < -0.3 is 25.2 Å². The number of nitrogens with zero attached hydrogens (tertiary/aromatic N) is 1. The molecule has 1 spiro atoms. The van der Waals surface area contributed by atoms with Crippen molar-refractivity contribution in [3.8, 4) is 16.9 Å². The third kappa shape index (κ3) is 8.98. The van der Waals surface area contributed by atoms with Crippen LogP contribution in [0.3, 0.4) is 0 Å². The van der Waals surface area contributed by atoms with E-state index in [-0.39, 0.29) is 29.0 Å². The molecular formula is C34H46N4O7S2. The maximum atomic E-state index is 13.7. The lowest BCUT2D eigenvalue weighted by Gasteiger charge is -2.38. The fourth-order valence-electron chi connectivity index (χ4n) is 5.98.